The first-order valence-corrected chi connectivity index (χ1v) is 11.9. The van der Waals surface area contributed by atoms with E-state index in [-0.39, 0.29) is 15.3 Å². The van der Waals surface area contributed by atoms with E-state index in [1.807, 2.05) is 18.2 Å². The molecule has 0 radical (unpaired) electrons. The van der Waals surface area contributed by atoms with Crippen LogP contribution in [0.4, 0.5) is 0 Å². The number of amides is 1. The molecule has 1 saturated heterocycles. The van der Waals surface area contributed by atoms with Gasteiger partial charge >= 0.3 is 0 Å². The lowest BCUT2D eigenvalue weighted by Gasteiger charge is -2.16. The van der Waals surface area contributed by atoms with Crippen LogP contribution in [0.25, 0.3) is 21.1 Å². The van der Waals surface area contributed by atoms with Crippen molar-refractivity contribution in [2.75, 3.05) is 6.54 Å². The number of carbonyl (C=O) groups is 1. The molecule has 0 aromatic carbocycles. The third-order valence-electron chi connectivity index (χ3n) is 5.04. The summed E-state index contributed by atoms with van der Waals surface area (Å²) < 4.78 is 29.1. The lowest BCUT2D eigenvalue weighted by molar-refractivity contribution is -0.129. The van der Waals surface area contributed by atoms with Crippen molar-refractivity contribution >= 4 is 60.0 Å². The second kappa shape index (κ2) is 7.31. The Labute approximate surface area is 180 Å². The van der Waals surface area contributed by atoms with Gasteiger partial charge in [-0.25, -0.2) is 13.4 Å². The SMILES string of the molecule is O=C1[C@@H](NS(=O)(=O)c2cc3c(Cl)nccc3s2)CCN1Cc1cc2ncccc2[nH]1. The predicted octanol–water partition coefficient (Wildman–Crippen LogP) is 2.91. The minimum Gasteiger partial charge on any atom is -0.356 e. The van der Waals surface area contributed by atoms with Crippen LogP contribution in [0.5, 0.6) is 0 Å². The summed E-state index contributed by atoms with van der Waals surface area (Å²) in [6, 6.07) is 8.06. The Bertz CT molecular complexity index is 1350. The zero-order valence-corrected chi connectivity index (χ0v) is 17.9. The van der Waals surface area contributed by atoms with Crippen molar-refractivity contribution in [1.29, 1.82) is 0 Å². The number of rotatable bonds is 5. The van der Waals surface area contributed by atoms with Gasteiger partial charge in [-0.3, -0.25) is 9.78 Å². The maximum atomic E-state index is 12.8. The number of fused-ring (bicyclic) bond motifs is 2. The summed E-state index contributed by atoms with van der Waals surface area (Å²) in [7, 11) is -3.86. The van der Waals surface area contributed by atoms with Crippen LogP contribution in [-0.2, 0) is 21.4 Å². The van der Waals surface area contributed by atoms with Crippen LogP contribution in [-0.4, -0.2) is 46.8 Å². The number of carbonyl (C=O) groups excluding carboxylic acids is 1. The molecule has 0 spiro atoms. The second-order valence-electron chi connectivity index (χ2n) is 7.03. The number of pyridine rings is 2. The quantitative estimate of drug-likeness (QED) is 0.444. The summed E-state index contributed by atoms with van der Waals surface area (Å²) in [5, 5.41) is 0.831. The van der Waals surface area contributed by atoms with E-state index in [1.165, 1.54) is 12.3 Å². The average Bonchev–Trinajstić information content (AvgIpc) is 3.41. The largest absolute Gasteiger partial charge is 0.356 e. The number of hydrogen-bond acceptors (Lipinski definition) is 6. The molecule has 8 nitrogen and oxygen atoms in total. The number of halogens is 1. The molecule has 1 atom stereocenters. The number of aromatic nitrogens is 3. The van der Waals surface area contributed by atoms with Crippen molar-refractivity contribution in [2.24, 2.45) is 0 Å². The van der Waals surface area contributed by atoms with Crippen molar-refractivity contribution in [1.82, 2.24) is 24.6 Å². The maximum Gasteiger partial charge on any atom is 0.250 e. The molecule has 0 saturated carbocycles. The standard InChI is InChI=1S/C19H16ClN5O3S2/c20-18-12-9-17(29-16(12)3-6-22-18)30(27,28)24-14-4-7-25(19(14)26)10-11-8-15-13(23-11)2-1-5-21-15/h1-3,5-6,8-9,14,23-24H,4,7,10H2/t14-/m0/s1. The van der Waals surface area contributed by atoms with Crippen molar-refractivity contribution < 1.29 is 13.2 Å². The Balaban J connectivity index is 1.32. The minimum absolute atomic E-state index is 0.111. The highest BCUT2D eigenvalue weighted by Gasteiger charge is 2.35. The number of H-pyrrole nitrogens is 1. The zero-order valence-electron chi connectivity index (χ0n) is 15.5. The van der Waals surface area contributed by atoms with Gasteiger partial charge < -0.3 is 9.88 Å². The molecule has 30 heavy (non-hydrogen) atoms. The number of nitrogens with zero attached hydrogens (tertiary/aromatic N) is 3. The van der Waals surface area contributed by atoms with Crippen LogP contribution >= 0.6 is 22.9 Å². The Morgan fingerprint density at radius 1 is 1.27 bits per heavy atom. The van der Waals surface area contributed by atoms with Crippen molar-refractivity contribution in [2.45, 2.75) is 23.2 Å². The number of hydrogen-bond donors (Lipinski definition) is 2. The van der Waals surface area contributed by atoms with Gasteiger partial charge in [0.05, 0.1) is 17.6 Å². The van der Waals surface area contributed by atoms with Gasteiger partial charge in [-0.1, -0.05) is 11.6 Å². The maximum absolute atomic E-state index is 12.8. The number of sulfonamides is 1. The second-order valence-corrected chi connectivity index (χ2v) is 10.4. The average molecular weight is 462 g/mol. The number of thiophene rings is 1. The Hall–Kier alpha value is -2.53. The van der Waals surface area contributed by atoms with Gasteiger partial charge in [0.1, 0.15) is 15.4 Å². The molecule has 0 aliphatic carbocycles. The first kappa shape index (κ1) is 19.4. The highest BCUT2D eigenvalue weighted by atomic mass is 35.5. The molecular formula is C19H16ClN5O3S2. The summed E-state index contributed by atoms with van der Waals surface area (Å²) >= 11 is 7.15. The van der Waals surface area contributed by atoms with Gasteiger partial charge in [-0.05, 0) is 36.8 Å². The third kappa shape index (κ3) is 3.45. The molecule has 1 fully saturated rings. The van der Waals surface area contributed by atoms with Crippen LogP contribution < -0.4 is 4.72 Å². The molecule has 1 aliphatic heterocycles. The lowest BCUT2D eigenvalue weighted by Crippen LogP contribution is -2.41. The van der Waals surface area contributed by atoms with Gasteiger partial charge in [0.2, 0.25) is 5.91 Å². The fourth-order valence-corrected chi connectivity index (χ4v) is 6.48. The van der Waals surface area contributed by atoms with Crippen molar-refractivity contribution in [3.8, 4) is 0 Å². The summed E-state index contributed by atoms with van der Waals surface area (Å²) in [4.78, 5) is 25.9. The Kier molecular flexibility index (Phi) is 4.73. The van der Waals surface area contributed by atoms with E-state index in [1.54, 1.807) is 17.2 Å². The van der Waals surface area contributed by atoms with E-state index < -0.39 is 16.1 Å². The fraction of sp³-hybridized carbons (Fsp3) is 0.211. The molecule has 5 rings (SSSR count). The first-order chi connectivity index (χ1) is 14.4. The normalized spacial score (nSPS) is 17.4. The monoisotopic (exact) mass is 461 g/mol. The third-order valence-corrected chi connectivity index (χ3v) is 8.39. The number of nitrogens with one attached hydrogen (secondary N) is 2. The smallest absolute Gasteiger partial charge is 0.250 e. The summed E-state index contributed by atoms with van der Waals surface area (Å²) in [5.74, 6) is -0.244. The molecule has 4 aromatic rings. The van der Waals surface area contributed by atoms with E-state index >= 15 is 0 Å². The van der Waals surface area contributed by atoms with Crippen molar-refractivity contribution in [3.63, 3.8) is 0 Å². The van der Waals surface area contributed by atoms with Gasteiger partial charge in [-0.2, -0.15) is 4.72 Å². The number of aromatic amines is 1. The molecule has 1 aliphatic rings. The fourth-order valence-electron chi connectivity index (χ4n) is 3.59. The molecular weight excluding hydrogens is 446 g/mol. The molecule has 2 N–H and O–H groups in total. The Morgan fingerprint density at radius 2 is 2.13 bits per heavy atom. The molecule has 4 aromatic heterocycles. The zero-order chi connectivity index (χ0) is 20.9. The van der Waals surface area contributed by atoms with Crippen LogP contribution in [0.1, 0.15) is 12.1 Å². The van der Waals surface area contributed by atoms with Gasteiger partial charge in [0.25, 0.3) is 10.0 Å². The van der Waals surface area contributed by atoms with Crippen LogP contribution in [0, 0.1) is 0 Å². The van der Waals surface area contributed by atoms with Gasteiger partial charge in [0, 0.05) is 34.7 Å². The lowest BCUT2D eigenvalue weighted by atomic mass is 10.3. The molecule has 154 valence electrons. The Morgan fingerprint density at radius 3 is 2.93 bits per heavy atom. The predicted molar refractivity (Wildman–Crippen MR) is 115 cm³/mol. The van der Waals surface area contributed by atoms with E-state index in [9.17, 15) is 13.2 Å². The topological polar surface area (TPSA) is 108 Å². The molecule has 0 unspecified atom stereocenters. The van der Waals surface area contributed by atoms with E-state index in [0.717, 1.165) is 32.8 Å². The van der Waals surface area contributed by atoms with E-state index in [0.29, 0.717) is 24.9 Å². The summed E-state index contributed by atoms with van der Waals surface area (Å²) in [5.41, 5.74) is 2.58. The molecule has 5 heterocycles. The van der Waals surface area contributed by atoms with Crippen LogP contribution in [0.15, 0.2) is 46.9 Å². The van der Waals surface area contributed by atoms with Crippen LogP contribution in [0.2, 0.25) is 5.15 Å². The highest BCUT2D eigenvalue weighted by Crippen LogP contribution is 2.32. The van der Waals surface area contributed by atoms with Crippen molar-refractivity contribution in [3.05, 3.63) is 53.6 Å². The molecule has 1 amide bonds. The molecule has 0 bridgehead atoms. The van der Waals surface area contributed by atoms with E-state index in [4.69, 9.17) is 11.6 Å². The van der Waals surface area contributed by atoms with Gasteiger partial charge in [0.15, 0.2) is 0 Å². The van der Waals surface area contributed by atoms with E-state index in [2.05, 4.69) is 19.7 Å². The first-order valence-electron chi connectivity index (χ1n) is 9.18. The highest BCUT2D eigenvalue weighted by molar-refractivity contribution is 7.91. The number of likely N-dealkylation sites (tertiary alicyclic amines) is 1. The summed E-state index contributed by atoms with van der Waals surface area (Å²) in [6.45, 7) is 0.842. The summed E-state index contributed by atoms with van der Waals surface area (Å²) in [6.07, 6.45) is 3.65. The van der Waals surface area contributed by atoms with Crippen LogP contribution in [0.3, 0.4) is 0 Å². The van der Waals surface area contributed by atoms with Gasteiger partial charge in [-0.15, -0.1) is 11.3 Å². The molecule has 11 heteroatoms. The minimum atomic E-state index is -3.86.